The van der Waals surface area contributed by atoms with Gasteiger partial charge in [-0.25, -0.2) is 33.7 Å². The summed E-state index contributed by atoms with van der Waals surface area (Å²) in [6.07, 6.45) is 6.68. The molecule has 26 heavy (non-hydrogen) atoms. The molecule has 0 aromatic heterocycles. The van der Waals surface area contributed by atoms with Crippen LogP contribution >= 0.6 is 0 Å². The van der Waals surface area contributed by atoms with E-state index in [1.54, 1.807) is 0 Å². The third-order valence-corrected chi connectivity index (χ3v) is 10.3. The van der Waals surface area contributed by atoms with Crippen LogP contribution in [0.5, 0.6) is 0 Å². The van der Waals surface area contributed by atoms with Crippen LogP contribution in [0.3, 0.4) is 0 Å². The summed E-state index contributed by atoms with van der Waals surface area (Å²) in [5, 5.41) is 0. The zero-order valence-corrected chi connectivity index (χ0v) is 18.7. The smallest absolute Gasteiger partial charge is 0.212 e. The molecular formula is C12H28N2O8S4. The molecule has 0 saturated heterocycles. The molecule has 0 aliphatic heterocycles. The van der Waals surface area contributed by atoms with Crippen molar-refractivity contribution in [3.63, 3.8) is 0 Å². The second-order valence-electron chi connectivity index (χ2n) is 6.17. The third kappa shape index (κ3) is 10.2. The summed E-state index contributed by atoms with van der Waals surface area (Å²) in [6, 6.07) is 0. The predicted molar refractivity (Wildman–Crippen MR) is 100 cm³/mol. The van der Waals surface area contributed by atoms with Crippen molar-refractivity contribution < 1.29 is 33.7 Å². The van der Waals surface area contributed by atoms with Crippen molar-refractivity contribution >= 4 is 40.1 Å². The van der Waals surface area contributed by atoms with Gasteiger partial charge in [-0.2, -0.15) is 0 Å². The lowest BCUT2D eigenvalue weighted by Gasteiger charge is -2.17. The molecule has 0 unspecified atom stereocenters. The molecule has 0 saturated carbocycles. The maximum atomic E-state index is 11.5. The van der Waals surface area contributed by atoms with Crippen LogP contribution < -0.4 is 0 Å². The first-order valence-electron chi connectivity index (χ1n) is 7.83. The van der Waals surface area contributed by atoms with Crippen molar-refractivity contribution in [3.8, 4) is 0 Å². The van der Waals surface area contributed by atoms with Crippen LogP contribution in [-0.4, -0.2) is 79.2 Å². The van der Waals surface area contributed by atoms with Gasteiger partial charge in [0.1, 0.15) is 0 Å². The van der Waals surface area contributed by atoms with Crippen LogP contribution in [0.4, 0.5) is 0 Å². The van der Waals surface area contributed by atoms with Gasteiger partial charge in [0, 0.05) is 13.1 Å². The fourth-order valence-electron chi connectivity index (χ4n) is 2.34. The minimum atomic E-state index is -3.84. The van der Waals surface area contributed by atoms with E-state index in [1.807, 2.05) is 0 Å². The van der Waals surface area contributed by atoms with Gasteiger partial charge in [0.2, 0.25) is 40.1 Å². The van der Waals surface area contributed by atoms with Crippen LogP contribution in [0, 0.1) is 0 Å². The Labute approximate surface area is 157 Å². The van der Waals surface area contributed by atoms with E-state index in [0.717, 1.165) is 25.0 Å². The first kappa shape index (κ1) is 25.7. The molecular weight excluding hydrogens is 428 g/mol. The van der Waals surface area contributed by atoms with E-state index in [2.05, 4.69) is 0 Å². The molecule has 14 heteroatoms. The minimum Gasteiger partial charge on any atom is -0.212 e. The Morgan fingerprint density at radius 1 is 0.423 bits per heavy atom. The van der Waals surface area contributed by atoms with E-state index >= 15 is 0 Å². The Morgan fingerprint density at radius 2 is 0.615 bits per heavy atom. The Morgan fingerprint density at radius 3 is 0.808 bits per heavy atom. The Kier molecular flexibility index (Phi) is 9.67. The molecule has 158 valence electrons. The lowest BCUT2D eigenvalue weighted by atomic mass is 10.1. The van der Waals surface area contributed by atoms with Gasteiger partial charge >= 0.3 is 0 Å². The summed E-state index contributed by atoms with van der Waals surface area (Å²) in [7, 11) is -15.3. The average molecular weight is 457 g/mol. The van der Waals surface area contributed by atoms with Crippen molar-refractivity contribution in [1.29, 1.82) is 0 Å². The monoisotopic (exact) mass is 456 g/mol. The summed E-state index contributed by atoms with van der Waals surface area (Å²) in [6.45, 7) is -0.235. The first-order valence-corrected chi connectivity index (χ1v) is 15.2. The molecule has 0 spiro atoms. The molecule has 0 heterocycles. The lowest BCUT2D eigenvalue weighted by Crippen LogP contribution is -2.36. The highest BCUT2D eigenvalue weighted by Crippen LogP contribution is 2.12. The van der Waals surface area contributed by atoms with E-state index < -0.39 is 40.1 Å². The molecule has 0 amide bonds. The van der Waals surface area contributed by atoms with Crippen LogP contribution in [0.1, 0.15) is 38.5 Å². The zero-order chi connectivity index (χ0) is 20.8. The molecule has 0 rings (SSSR count). The van der Waals surface area contributed by atoms with Gasteiger partial charge < -0.3 is 0 Å². The number of hydrogen-bond donors (Lipinski definition) is 0. The van der Waals surface area contributed by atoms with Crippen LogP contribution in [0.15, 0.2) is 0 Å². The highest BCUT2D eigenvalue weighted by Gasteiger charge is 2.26. The quantitative estimate of drug-likeness (QED) is 0.346. The second-order valence-corrected chi connectivity index (χ2v) is 14.3. The average Bonchev–Trinajstić information content (AvgIpc) is 2.34. The van der Waals surface area contributed by atoms with Gasteiger partial charge in [0.15, 0.2) is 0 Å². The second kappa shape index (κ2) is 9.78. The van der Waals surface area contributed by atoms with Crippen molar-refractivity contribution in [2.75, 3.05) is 38.1 Å². The van der Waals surface area contributed by atoms with Gasteiger partial charge in [-0.3, -0.25) is 0 Å². The number of unbranched alkanes of at least 4 members (excludes halogenated alkanes) is 5. The highest BCUT2D eigenvalue weighted by molar-refractivity contribution is 8.03. The fourth-order valence-corrected chi connectivity index (χ4v) is 8.12. The zero-order valence-electron chi connectivity index (χ0n) is 15.5. The van der Waals surface area contributed by atoms with Crippen LogP contribution in [0.25, 0.3) is 0 Å². The van der Waals surface area contributed by atoms with Crippen molar-refractivity contribution in [2.45, 2.75) is 38.5 Å². The van der Waals surface area contributed by atoms with Gasteiger partial charge in [-0.05, 0) is 12.8 Å². The molecule has 0 aliphatic carbocycles. The largest absolute Gasteiger partial charge is 0.224 e. The molecule has 0 atom stereocenters. The third-order valence-electron chi connectivity index (χ3n) is 3.41. The first-order chi connectivity index (χ1) is 11.5. The number of rotatable bonds is 13. The molecule has 0 aromatic carbocycles. The number of nitrogens with zero attached hydrogens (tertiary/aromatic N) is 2. The molecule has 0 N–H and O–H groups in total. The minimum absolute atomic E-state index is 0.117. The molecule has 10 nitrogen and oxygen atoms in total. The Balaban J connectivity index is 4.23. The number of hydrogen-bond acceptors (Lipinski definition) is 8. The molecule has 0 fully saturated rings. The van der Waals surface area contributed by atoms with E-state index in [0.29, 0.717) is 45.9 Å². The van der Waals surface area contributed by atoms with Gasteiger partial charge in [0.25, 0.3) is 0 Å². The van der Waals surface area contributed by atoms with Crippen molar-refractivity contribution in [3.05, 3.63) is 0 Å². The van der Waals surface area contributed by atoms with E-state index in [9.17, 15) is 33.7 Å². The fraction of sp³-hybridized carbons (Fsp3) is 1.00. The van der Waals surface area contributed by atoms with E-state index in [-0.39, 0.29) is 13.1 Å². The maximum absolute atomic E-state index is 11.5. The van der Waals surface area contributed by atoms with Gasteiger partial charge in [0.05, 0.1) is 25.0 Å². The highest BCUT2D eigenvalue weighted by atomic mass is 32.3. The SMILES string of the molecule is CS(=O)(=O)N(CCCCCCCCN(S(C)(=O)=O)S(C)(=O)=O)S(C)(=O)=O. The summed E-state index contributed by atoms with van der Waals surface area (Å²) in [4.78, 5) is 0. The van der Waals surface area contributed by atoms with Crippen LogP contribution in [-0.2, 0) is 40.1 Å². The predicted octanol–water partition coefficient (Wildman–Crippen LogP) is -0.231. The summed E-state index contributed by atoms with van der Waals surface area (Å²) >= 11 is 0. The van der Waals surface area contributed by atoms with E-state index in [4.69, 9.17) is 0 Å². The number of sulfonamides is 4. The maximum Gasteiger partial charge on any atom is 0.224 e. The van der Waals surface area contributed by atoms with Crippen molar-refractivity contribution in [1.82, 2.24) is 7.42 Å². The van der Waals surface area contributed by atoms with Gasteiger partial charge in [-0.15, -0.1) is 0 Å². The lowest BCUT2D eigenvalue weighted by molar-refractivity contribution is 0.473. The Hall–Kier alpha value is -0.280. The molecule has 0 radical (unpaired) electrons. The van der Waals surface area contributed by atoms with Crippen molar-refractivity contribution in [2.24, 2.45) is 0 Å². The molecule has 0 bridgehead atoms. The summed E-state index contributed by atoms with van der Waals surface area (Å²) < 4.78 is 92.6. The summed E-state index contributed by atoms with van der Waals surface area (Å²) in [5.74, 6) is 0. The summed E-state index contributed by atoms with van der Waals surface area (Å²) in [5.41, 5.74) is 0. The molecule has 0 aromatic rings. The standard InChI is InChI=1S/C12H28N2O8S4/c1-23(15,16)13(24(2,17)18)11-9-7-5-6-8-10-12-14(25(3,19)20)26(4,21)22/h5-12H2,1-4H3. The van der Waals surface area contributed by atoms with Gasteiger partial charge in [-0.1, -0.05) is 33.1 Å². The molecule has 0 aliphatic rings. The normalized spacial score (nSPS) is 14.2. The van der Waals surface area contributed by atoms with Crippen LogP contribution in [0.2, 0.25) is 0 Å². The van der Waals surface area contributed by atoms with E-state index in [1.165, 1.54) is 0 Å². The Bertz CT molecular complexity index is 722. The topological polar surface area (TPSA) is 143 Å².